The van der Waals surface area contributed by atoms with Crippen LogP contribution in [0.15, 0.2) is 24.5 Å². The van der Waals surface area contributed by atoms with E-state index in [9.17, 15) is 0 Å². The summed E-state index contributed by atoms with van der Waals surface area (Å²) in [7, 11) is 0. The number of pyridine rings is 1. The molecule has 2 nitrogen and oxygen atoms in total. The van der Waals surface area contributed by atoms with Gasteiger partial charge in [0, 0.05) is 18.4 Å². The first-order chi connectivity index (χ1) is 6.91. The highest BCUT2D eigenvalue weighted by Crippen LogP contribution is 2.31. The molecule has 0 bridgehead atoms. The summed E-state index contributed by atoms with van der Waals surface area (Å²) < 4.78 is 0. The number of nitrogens with zero attached hydrogens (tertiary/aromatic N) is 1. The highest BCUT2D eigenvalue weighted by atomic mass is 14.7. The Morgan fingerprint density at radius 3 is 2.53 bits per heavy atom. The van der Waals surface area contributed by atoms with E-state index in [0.717, 1.165) is 12.0 Å². The Balaban J connectivity index is 2.61. The van der Waals surface area contributed by atoms with Crippen molar-refractivity contribution < 1.29 is 0 Å². The summed E-state index contributed by atoms with van der Waals surface area (Å²) in [4.78, 5) is 4.10. The van der Waals surface area contributed by atoms with Gasteiger partial charge in [-0.15, -0.1) is 0 Å². The first kappa shape index (κ1) is 12.2. The third-order valence-corrected chi connectivity index (χ3v) is 3.20. The molecule has 1 rings (SSSR count). The van der Waals surface area contributed by atoms with Crippen LogP contribution in [0.5, 0.6) is 0 Å². The summed E-state index contributed by atoms with van der Waals surface area (Å²) in [5, 5.41) is 0. The Morgan fingerprint density at radius 2 is 2.07 bits per heavy atom. The van der Waals surface area contributed by atoms with Gasteiger partial charge in [0.25, 0.3) is 0 Å². The van der Waals surface area contributed by atoms with Gasteiger partial charge in [0.05, 0.1) is 0 Å². The third-order valence-electron chi connectivity index (χ3n) is 3.20. The molecule has 1 aromatic rings. The quantitative estimate of drug-likeness (QED) is 0.825. The summed E-state index contributed by atoms with van der Waals surface area (Å²) >= 11 is 0. The molecule has 0 aliphatic heterocycles. The average Bonchev–Trinajstić information content (AvgIpc) is 2.17. The smallest absolute Gasteiger partial charge is 0.0315 e. The largest absolute Gasteiger partial charge is 0.324 e. The lowest BCUT2D eigenvalue weighted by Crippen LogP contribution is -2.23. The van der Waals surface area contributed by atoms with Crippen LogP contribution in [0, 0.1) is 11.3 Å². The molecule has 84 valence electrons. The summed E-state index contributed by atoms with van der Waals surface area (Å²) in [6.45, 7) is 9.03. The van der Waals surface area contributed by atoms with Crippen molar-refractivity contribution in [1.82, 2.24) is 4.98 Å². The standard InChI is InChI=1S/C13H22N2/c1-10(13(2,3)4)8-12(14)11-6-5-7-15-9-11/h5-7,9-10,12H,8,14H2,1-4H3. The van der Waals surface area contributed by atoms with Gasteiger partial charge in [0.15, 0.2) is 0 Å². The Morgan fingerprint density at radius 1 is 1.40 bits per heavy atom. The van der Waals surface area contributed by atoms with Gasteiger partial charge in [0.2, 0.25) is 0 Å². The monoisotopic (exact) mass is 206 g/mol. The minimum Gasteiger partial charge on any atom is -0.324 e. The van der Waals surface area contributed by atoms with Crippen molar-refractivity contribution in [2.24, 2.45) is 17.1 Å². The van der Waals surface area contributed by atoms with Gasteiger partial charge in [-0.05, 0) is 29.4 Å². The van der Waals surface area contributed by atoms with Gasteiger partial charge in [-0.1, -0.05) is 33.8 Å². The second kappa shape index (κ2) is 4.75. The molecule has 0 aromatic carbocycles. The molecule has 2 heteroatoms. The molecule has 15 heavy (non-hydrogen) atoms. The zero-order valence-corrected chi connectivity index (χ0v) is 10.2. The number of rotatable bonds is 3. The summed E-state index contributed by atoms with van der Waals surface area (Å²) in [5.41, 5.74) is 7.60. The average molecular weight is 206 g/mol. The van der Waals surface area contributed by atoms with E-state index >= 15 is 0 Å². The van der Waals surface area contributed by atoms with E-state index in [4.69, 9.17) is 5.73 Å². The van der Waals surface area contributed by atoms with Crippen molar-refractivity contribution in [3.05, 3.63) is 30.1 Å². The molecule has 2 unspecified atom stereocenters. The lowest BCUT2D eigenvalue weighted by Gasteiger charge is -2.29. The van der Waals surface area contributed by atoms with E-state index in [1.54, 1.807) is 6.20 Å². The fourth-order valence-corrected chi connectivity index (χ4v) is 1.47. The number of hydrogen-bond acceptors (Lipinski definition) is 2. The molecule has 0 aliphatic carbocycles. The third kappa shape index (κ3) is 3.63. The van der Waals surface area contributed by atoms with Crippen LogP contribution in [0.1, 0.15) is 45.7 Å². The fraction of sp³-hybridized carbons (Fsp3) is 0.615. The van der Waals surface area contributed by atoms with Crippen LogP contribution in [0.2, 0.25) is 0 Å². The van der Waals surface area contributed by atoms with Crippen LogP contribution < -0.4 is 5.73 Å². The van der Waals surface area contributed by atoms with Gasteiger partial charge >= 0.3 is 0 Å². The van der Waals surface area contributed by atoms with Gasteiger partial charge in [-0.2, -0.15) is 0 Å². The van der Waals surface area contributed by atoms with E-state index < -0.39 is 0 Å². The van der Waals surface area contributed by atoms with Crippen LogP contribution in [-0.2, 0) is 0 Å². The van der Waals surface area contributed by atoms with Crippen LogP contribution in [0.25, 0.3) is 0 Å². The van der Waals surface area contributed by atoms with Crippen molar-refractivity contribution in [3.8, 4) is 0 Å². The summed E-state index contributed by atoms with van der Waals surface area (Å²) in [6.07, 6.45) is 4.65. The summed E-state index contributed by atoms with van der Waals surface area (Å²) in [6, 6.07) is 4.09. The molecule has 1 heterocycles. The van der Waals surface area contributed by atoms with Gasteiger partial charge < -0.3 is 5.73 Å². The number of hydrogen-bond donors (Lipinski definition) is 1. The molecule has 0 spiro atoms. The number of aromatic nitrogens is 1. The molecule has 2 atom stereocenters. The maximum Gasteiger partial charge on any atom is 0.0315 e. The second-order valence-corrected chi connectivity index (χ2v) is 5.40. The Bertz CT molecular complexity index is 287. The molecule has 0 saturated heterocycles. The first-order valence-electron chi connectivity index (χ1n) is 5.56. The molecule has 0 radical (unpaired) electrons. The minimum atomic E-state index is 0.105. The van der Waals surface area contributed by atoms with Crippen LogP contribution in [0.3, 0.4) is 0 Å². The lowest BCUT2D eigenvalue weighted by molar-refractivity contribution is 0.234. The highest BCUT2D eigenvalue weighted by molar-refractivity contribution is 5.13. The van der Waals surface area contributed by atoms with Crippen LogP contribution in [-0.4, -0.2) is 4.98 Å². The fourth-order valence-electron chi connectivity index (χ4n) is 1.47. The van der Waals surface area contributed by atoms with Crippen molar-refractivity contribution >= 4 is 0 Å². The van der Waals surface area contributed by atoms with Crippen molar-refractivity contribution in [1.29, 1.82) is 0 Å². The normalized spacial score (nSPS) is 16.1. The molecular weight excluding hydrogens is 184 g/mol. The SMILES string of the molecule is CC(CC(N)c1cccnc1)C(C)(C)C. The Labute approximate surface area is 92.9 Å². The maximum absolute atomic E-state index is 6.15. The van der Waals surface area contributed by atoms with Crippen LogP contribution in [0.4, 0.5) is 0 Å². The second-order valence-electron chi connectivity index (χ2n) is 5.40. The zero-order valence-electron chi connectivity index (χ0n) is 10.2. The van der Waals surface area contributed by atoms with Crippen molar-refractivity contribution in [3.63, 3.8) is 0 Å². The van der Waals surface area contributed by atoms with E-state index in [-0.39, 0.29) is 6.04 Å². The highest BCUT2D eigenvalue weighted by Gasteiger charge is 2.22. The topological polar surface area (TPSA) is 38.9 Å². The number of nitrogens with two attached hydrogens (primary N) is 1. The van der Waals surface area contributed by atoms with E-state index in [1.807, 2.05) is 18.3 Å². The molecular formula is C13H22N2. The van der Waals surface area contributed by atoms with Crippen LogP contribution >= 0.6 is 0 Å². The van der Waals surface area contributed by atoms with Gasteiger partial charge in [-0.25, -0.2) is 0 Å². The predicted molar refractivity (Wildman–Crippen MR) is 64.4 cm³/mol. The molecule has 0 fully saturated rings. The first-order valence-corrected chi connectivity index (χ1v) is 5.56. The zero-order chi connectivity index (χ0) is 11.5. The predicted octanol–water partition coefficient (Wildman–Crippen LogP) is 3.15. The Hall–Kier alpha value is -0.890. The lowest BCUT2D eigenvalue weighted by atomic mass is 9.78. The van der Waals surface area contributed by atoms with Gasteiger partial charge in [0.1, 0.15) is 0 Å². The van der Waals surface area contributed by atoms with Gasteiger partial charge in [-0.3, -0.25) is 4.98 Å². The molecule has 1 aromatic heterocycles. The molecule has 0 saturated carbocycles. The minimum absolute atomic E-state index is 0.105. The maximum atomic E-state index is 6.15. The van der Waals surface area contributed by atoms with E-state index in [2.05, 4.69) is 32.7 Å². The van der Waals surface area contributed by atoms with Crippen molar-refractivity contribution in [2.45, 2.75) is 40.2 Å². The van der Waals surface area contributed by atoms with Crippen molar-refractivity contribution in [2.75, 3.05) is 0 Å². The molecule has 0 aliphatic rings. The molecule has 0 amide bonds. The summed E-state index contributed by atoms with van der Waals surface area (Å²) in [5.74, 6) is 0.604. The van der Waals surface area contributed by atoms with E-state index in [0.29, 0.717) is 11.3 Å². The Kier molecular flexibility index (Phi) is 3.86. The molecule has 2 N–H and O–H groups in total. The van der Waals surface area contributed by atoms with E-state index in [1.165, 1.54) is 0 Å².